The number of phenolic OH excluding ortho intramolecular Hbond substituents is 1. The van der Waals surface area contributed by atoms with Crippen LogP contribution in [-0.4, -0.2) is 30.1 Å². The molecule has 4 heteroatoms. The van der Waals surface area contributed by atoms with E-state index >= 15 is 0 Å². The fraction of sp³-hybridized carbons (Fsp3) is 0.500. The van der Waals surface area contributed by atoms with Crippen molar-refractivity contribution in [3.8, 4) is 5.75 Å². The van der Waals surface area contributed by atoms with Crippen LogP contribution < -0.4 is 10.6 Å². The van der Waals surface area contributed by atoms with Crippen molar-refractivity contribution < 1.29 is 9.90 Å². The smallest absolute Gasteiger partial charge is 0.237 e. The molecule has 1 aromatic rings. The number of nitrogens with one attached hydrogen (secondary N) is 2. The molecule has 0 saturated heterocycles. The minimum Gasteiger partial charge on any atom is -0.508 e. The summed E-state index contributed by atoms with van der Waals surface area (Å²) in [5, 5.41) is 15.5. The molecular formula is C14H22N2O2. The van der Waals surface area contributed by atoms with Crippen molar-refractivity contribution in [1.82, 2.24) is 10.6 Å². The first-order chi connectivity index (χ1) is 8.58. The maximum atomic E-state index is 11.9. The van der Waals surface area contributed by atoms with Crippen molar-refractivity contribution >= 4 is 5.91 Å². The molecule has 1 amide bonds. The Bertz CT molecular complexity index is 405. The molecule has 0 spiro atoms. The molecule has 4 nitrogen and oxygen atoms in total. The highest BCUT2D eigenvalue weighted by molar-refractivity contribution is 5.82. The van der Waals surface area contributed by atoms with Gasteiger partial charge < -0.3 is 15.7 Å². The molecule has 18 heavy (non-hydrogen) atoms. The molecule has 0 aromatic heterocycles. The summed E-state index contributed by atoms with van der Waals surface area (Å²) in [5.41, 5.74) is 1.88. The third kappa shape index (κ3) is 4.04. The second-order valence-electron chi connectivity index (χ2n) is 4.33. The van der Waals surface area contributed by atoms with E-state index in [4.69, 9.17) is 0 Å². The average molecular weight is 250 g/mol. The molecule has 0 bridgehead atoms. The lowest BCUT2D eigenvalue weighted by Gasteiger charge is -2.17. The largest absolute Gasteiger partial charge is 0.508 e. The van der Waals surface area contributed by atoms with Crippen molar-refractivity contribution in [2.45, 2.75) is 33.2 Å². The van der Waals surface area contributed by atoms with Crippen LogP contribution in [0, 0.1) is 6.92 Å². The fourth-order valence-corrected chi connectivity index (χ4v) is 1.88. The number of benzene rings is 1. The van der Waals surface area contributed by atoms with Gasteiger partial charge in [0.1, 0.15) is 5.75 Å². The SMILES string of the molecule is CCNC(=O)[C@H](Cc1ccc(O)c(C)c1)NCC. The molecule has 0 fully saturated rings. The van der Waals surface area contributed by atoms with E-state index in [0.717, 1.165) is 17.7 Å². The van der Waals surface area contributed by atoms with Crippen LogP contribution >= 0.6 is 0 Å². The lowest BCUT2D eigenvalue weighted by Crippen LogP contribution is -2.45. The number of aryl methyl sites for hydroxylation is 1. The summed E-state index contributed by atoms with van der Waals surface area (Å²) in [6, 6.07) is 5.22. The second kappa shape index (κ2) is 7.01. The number of amides is 1. The van der Waals surface area contributed by atoms with Crippen molar-refractivity contribution in [2.24, 2.45) is 0 Å². The summed E-state index contributed by atoms with van der Waals surface area (Å²) >= 11 is 0. The molecule has 1 aromatic carbocycles. The van der Waals surface area contributed by atoms with Crippen LogP contribution in [0.15, 0.2) is 18.2 Å². The number of phenols is 1. The van der Waals surface area contributed by atoms with Gasteiger partial charge in [-0.25, -0.2) is 0 Å². The molecule has 0 unspecified atom stereocenters. The molecule has 0 radical (unpaired) electrons. The van der Waals surface area contributed by atoms with Crippen LogP contribution in [0.5, 0.6) is 5.75 Å². The molecule has 1 atom stereocenters. The molecule has 100 valence electrons. The van der Waals surface area contributed by atoms with Crippen molar-refractivity contribution in [2.75, 3.05) is 13.1 Å². The van der Waals surface area contributed by atoms with Gasteiger partial charge >= 0.3 is 0 Å². The third-order valence-corrected chi connectivity index (χ3v) is 2.82. The highest BCUT2D eigenvalue weighted by atomic mass is 16.3. The van der Waals surface area contributed by atoms with Crippen molar-refractivity contribution in [1.29, 1.82) is 0 Å². The number of carbonyl (C=O) groups is 1. The van der Waals surface area contributed by atoms with Crippen LogP contribution in [0.25, 0.3) is 0 Å². The summed E-state index contributed by atoms with van der Waals surface area (Å²) < 4.78 is 0. The quantitative estimate of drug-likeness (QED) is 0.714. The molecule has 3 N–H and O–H groups in total. The summed E-state index contributed by atoms with van der Waals surface area (Å²) in [6.07, 6.45) is 0.626. The van der Waals surface area contributed by atoms with Gasteiger partial charge in [0, 0.05) is 6.54 Å². The number of aromatic hydroxyl groups is 1. The Morgan fingerprint density at radius 1 is 1.33 bits per heavy atom. The summed E-state index contributed by atoms with van der Waals surface area (Å²) in [6.45, 7) is 7.13. The summed E-state index contributed by atoms with van der Waals surface area (Å²) in [5.74, 6) is 0.307. The predicted octanol–water partition coefficient (Wildman–Crippen LogP) is 1.36. The van der Waals surface area contributed by atoms with Crippen molar-refractivity contribution in [3.63, 3.8) is 0 Å². The maximum absolute atomic E-state index is 11.9. The minimum atomic E-state index is -0.223. The van der Waals surface area contributed by atoms with Gasteiger partial charge in [0.05, 0.1) is 6.04 Å². The molecule has 1 rings (SSSR count). The summed E-state index contributed by atoms with van der Waals surface area (Å²) in [7, 11) is 0. The number of hydrogen-bond donors (Lipinski definition) is 3. The van der Waals surface area contributed by atoms with Crippen LogP contribution in [0.3, 0.4) is 0 Å². The number of likely N-dealkylation sites (N-methyl/N-ethyl adjacent to an activating group) is 2. The molecule has 0 saturated carbocycles. The molecule has 0 heterocycles. The maximum Gasteiger partial charge on any atom is 0.237 e. The van der Waals surface area contributed by atoms with Crippen LogP contribution in [-0.2, 0) is 11.2 Å². The number of carbonyl (C=O) groups excluding carboxylic acids is 1. The monoisotopic (exact) mass is 250 g/mol. The Hall–Kier alpha value is -1.55. The van der Waals surface area contributed by atoms with E-state index < -0.39 is 0 Å². The Labute approximate surface area is 108 Å². The zero-order chi connectivity index (χ0) is 13.5. The van der Waals surface area contributed by atoms with E-state index in [9.17, 15) is 9.90 Å². The van der Waals surface area contributed by atoms with Gasteiger partial charge in [-0.1, -0.05) is 19.1 Å². The Morgan fingerprint density at radius 2 is 2.06 bits per heavy atom. The van der Waals surface area contributed by atoms with Crippen LogP contribution in [0.2, 0.25) is 0 Å². The fourth-order valence-electron chi connectivity index (χ4n) is 1.88. The normalized spacial score (nSPS) is 12.2. The topological polar surface area (TPSA) is 61.4 Å². The van der Waals surface area contributed by atoms with E-state index in [0.29, 0.717) is 13.0 Å². The first kappa shape index (κ1) is 14.5. The van der Waals surface area contributed by atoms with Gasteiger partial charge in [-0.2, -0.15) is 0 Å². The molecule has 0 aliphatic carbocycles. The van der Waals surface area contributed by atoms with E-state index in [1.807, 2.05) is 32.9 Å². The minimum absolute atomic E-state index is 0.0186. The zero-order valence-electron chi connectivity index (χ0n) is 11.3. The van der Waals surface area contributed by atoms with E-state index in [2.05, 4.69) is 10.6 Å². The van der Waals surface area contributed by atoms with Gasteiger partial charge in [0.25, 0.3) is 0 Å². The number of rotatable bonds is 6. The van der Waals surface area contributed by atoms with Gasteiger partial charge in [-0.15, -0.1) is 0 Å². The molecular weight excluding hydrogens is 228 g/mol. The molecule has 0 aliphatic rings. The van der Waals surface area contributed by atoms with Crippen molar-refractivity contribution in [3.05, 3.63) is 29.3 Å². The van der Waals surface area contributed by atoms with Gasteiger partial charge in [0.15, 0.2) is 0 Å². The Balaban J connectivity index is 2.76. The lowest BCUT2D eigenvalue weighted by atomic mass is 10.0. The zero-order valence-corrected chi connectivity index (χ0v) is 11.3. The Kier molecular flexibility index (Phi) is 5.65. The van der Waals surface area contributed by atoms with E-state index in [1.54, 1.807) is 6.07 Å². The number of hydrogen-bond acceptors (Lipinski definition) is 3. The van der Waals surface area contributed by atoms with E-state index in [-0.39, 0.29) is 17.7 Å². The lowest BCUT2D eigenvalue weighted by molar-refractivity contribution is -0.123. The first-order valence-corrected chi connectivity index (χ1v) is 6.38. The first-order valence-electron chi connectivity index (χ1n) is 6.38. The standard InChI is InChI=1S/C14H22N2O2/c1-4-15-12(14(18)16-5-2)9-11-6-7-13(17)10(3)8-11/h6-8,12,15,17H,4-5,9H2,1-3H3,(H,16,18)/t12-/m0/s1. The summed E-state index contributed by atoms with van der Waals surface area (Å²) in [4.78, 5) is 11.9. The van der Waals surface area contributed by atoms with Crippen LogP contribution in [0.4, 0.5) is 0 Å². The predicted molar refractivity (Wildman–Crippen MR) is 72.7 cm³/mol. The van der Waals surface area contributed by atoms with Crippen LogP contribution in [0.1, 0.15) is 25.0 Å². The highest BCUT2D eigenvalue weighted by Crippen LogP contribution is 2.17. The van der Waals surface area contributed by atoms with Gasteiger partial charge in [-0.3, -0.25) is 4.79 Å². The van der Waals surface area contributed by atoms with Gasteiger partial charge in [0.2, 0.25) is 5.91 Å². The third-order valence-electron chi connectivity index (χ3n) is 2.82. The van der Waals surface area contributed by atoms with Gasteiger partial charge in [-0.05, 0) is 44.0 Å². The van der Waals surface area contributed by atoms with E-state index in [1.165, 1.54) is 0 Å². The average Bonchev–Trinajstić information content (AvgIpc) is 2.33. The Morgan fingerprint density at radius 3 is 2.61 bits per heavy atom. The highest BCUT2D eigenvalue weighted by Gasteiger charge is 2.17. The molecule has 0 aliphatic heterocycles. The second-order valence-corrected chi connectivity index (χ2v) is 4.33.